The van der Waals surface area contributed by atoms with Crippen LogP contribution in [0.1, 0.15) is 65.2 Å². The first-order chi connectivity index (χ1) is 8.13. The summed E-state index contributed by atoms with van der Waals surface area (Å²) in [6.45, 7) is 5.41. The second-order valence-electron chi connectivity index (χ2n) is 6.60. The molecule has 17 heavy (non-hydrogen) atoms. The Hall–Kier alpha value is -0.0800. The van der Waals surface area contributed by atoms with Gasteiger partial charge in [0.15, 0.2) is 0 Å². The summed E-state index contributed by atoms with van der Waals surface area (Å²) in [5, 5.41) is 0. The Bertz CT molecular complexity index is 243. The maximum Gasteiger partial charge on any atom is 0.0810 e. The predicted molar refractivity (Wildman–Crippen MR) is 71.9 cm³/mol. The standard InChI is InChI=1S/C15H29NO/c1-12-5-3-7-14(9-12)17-15(11-16)8-4-6-13(2)10-15/h12-14H,3-11,16H2,1-2H3. The molecule has 2 N–H and O–H groups in total. The molecule has 0 amide bonds. The fourth-order valence-corrected chi connectivity index (χ4v) is 3.79. The summed E-state index contributed by atoms with van der Waals surface area (Å²) in [7, 11) is 0. The molecule has 0 aromatic heterocycles. The Balaban J connectivity index is 1.93. The summed E-state index contributed by atoms with van der Waals surface area (Å²) in [5.74, 6) is 1.62. The monoisotopic (exact) mass is 239 g/mol. The Morgan fingerprint density at radius 3 is 2.53 bits per heavy atom. The van der Waals surface area contributed by atoms with Gasteiger partial charge in [0.2, 0.25) is 0 Å². The van der Waals surface area contributed by atoms with Gasteiger partial charge < -0.3 is 10.5 Å². The van der Waals surface area contributed by atoms with Gasteiger partial charge in [0, 0.05) is 6.54 Å². The highest BCUT2D eigenvalue weighted by Gasteiger charge is 2.37. The van der Waals surface area contributed by atoms with Crippen LogP contribution in [-0.2, 0) is 4.74 Å². The van der Waals surface area contributed by atoms with Crippen LogP contribution in [0.4, 0.5) is 0 Å². The van der Waals surface area contributed by atoms with E-state index in [1.54, 1.807) is 0 Å². The van der Waals surface area contributed by atoms with Crippen LogP contribution in [0.5, 0.6) is 0 Å². The van der Waals surface area contributed by atoms with E-state index in [1.165, 1.54) is 51.4 Å². The summed E-state index contributed by atoms with van der Waals surface area (Å²) in [6, 6.07) is 0. The van der Waals surface area contributed by atoms with Gasteiger partial charge in [0.05, 0.1) is 11.7 Å². The van der Waals surface area contributed by atoms with E-state index < -0.39 is 0 Å². The second kappa shape index (κ2) is 5.71. The molecule has 0 saturated heterocycles. The van der Waals surface area contributed by atoms with Crippen molar-refractivity contribution in [3.8, 4) is 0 Å². The van der Waals surface area contributed by atoms with Gasteiger partial charge in [-0.05, 0) is 37.5 Å². The molecule has 0 radical (unpaired) electrons. The van der Waals surface area contributed by atoms with E-state index in [1.807, 2.05) is 0 Å². The van der Waals surface area contributed by atoms with Crippen molar-refractivity contribution >= 4 is 0 Å². The van der Waals surface area contributed by atoms with Crippen molar-refractivity contribution < 1.29 is 4.74 Å². The van der Waals surface area contributed by atoms with Crippen LogP contribution in [0.3, 0.4) is 0 Å². The summed E-state index contributed by atoms with van der Waals surface area (Å²) < 4.78 is 6.48. The maximum atomic E-state index is 6.48. The van der Waals surface area contributed by atoms with Crippen LogP contribution < -0.4 is 5.73 Å². The van der Waals surface area contributed by atoms with E-state index in [2.05, 4.69) is 13.8 Å². The average molecular weight is 239 g/mol. The zero-order chi connectivity index (χ0) is 12.3. The van der Waals surface area contributed by atoms with Crippen molar-refractivity contribution in [3.05, 3.63) is 0 Å². The van der Waals surface area contributed by atoms with E-state index in [0.717, 1.165) is 11.8 Å². The molecule has 0 aliphatic heterocycles. The predicted octanol–water partition coefficient (Wildman–Crippen LogP) is 3.49. The molecule has 0 spiro atoms. The lowest BCUT2D eigenvalue weighted by molar-refractivity contribution is -0.130. The Kier molecular flexibility index (Phi) is 4.48. The minimum absolute atomic E-state index is 0.0133. The van der Waals surface area contributed by atoms with Crippen LogP contribution in [0.15, 0.2) is 0 Å². The molecule has 0 aromatic carbocycles. The third kappa shape index (κ3) is 3.45. The first-order valence-electron chi connectivity index (χ1n) is 7.51. The lowest BCUT2D eigenvalue weighted by Gasteiger charge is -2.43. The molecule has 2 fully saturated rings. The van der Waals surface area contributed by atoms with E-state index in [0.29, 0.717) is 12.6 Å². The SMILES string of the molecule is CC1CCCC(OC2(CN)CCCC(C)C2)C1. The highest BCUT2D eigenvalue weighted by atomic mass is 16.5. The molecule has 0 bridgehead atoms. The smallest absolute Gasteiger partial charge is 0.0810 e. The summed E-state index contributed by atoms with van der Waals surface area (Å²) in [4.78, 5) is 0. The number of rotatable bonds is 3. The molecule has 2 rings (SSSR count). The molecule has 2 aliphatic rings. The van der Waals surface area contributed by atoms with Gasteiger partial charge in [-0.2, -0.15) is 0 Å². The third-order valence-electron chi connectivity index (χ3n) is 4.73. The fraction of sp³-hybridized carbons (Fsp3) is 1.00. The maximum absolute atomic E-state index is 6.48. The van der Waals surface area contributed by atoms with Gasteiger partial charge in [0.1, 0.15) is 0 Å². The van der Waals surface area contributed by atoms with Crippen molar-refractivity contribution in [2.24, 2.45) is 17.6 Å². The van der Waals surface area contributed by atoms with Crippen LogP contribution in [0, 0.1) is 11.8 Å². The quantitative estimate of drug-likeness (QED) is 0.818. The summed E-state index contributed by atoms with van der Waals surface area (Å²) >= 11 is 0. The molecular formula is C15H29NO. The van der Waals surface area contributed by atoms with Gasteiger partial charge in [-0.15, -0.1) is 0 Å². The minimum Gasteiger partial charge on any atom is -0.370 e. The van der Waals surface area contributed by atoms with E-state index >= 15 is 0 Å². The van der Waals surface area contributed by atoms with Gasteiger partial charge in [-0.25, -0.2) is 0 Å². The zero-order valence-corrected chi connectivity index (χ0v) is 11.6. The van der Waals surface area contributed by atoms with Crippen molar-refractivity contribution in [3.63, 3.8) is 0 Å². The second-order valence-corrected chi connectivity index (χ2v) is 6.60. The number of nitrogens with two attached hydrogens (primary N) is 1. The Morgan fingerprint density at radius 2 is 1.88 bits per heavy atom. The number of hydrogen-bond donors (Lipinski definition) is 1. The first kappa shape index (κ1) is 13.4. The molecular weight excluding hydrogens is 210 g/mol. The number of hydrogen-bond acceptors (Lipinski definition) is 2. The van der Waals surface area contributed by atoms with Crippen LogP contribution in [0.2, 0.25) is 0 Å². The minimum atomic E-state index is 0.0133. The summed E-state index contributed by atoms with van der Waals surface area (Å²) in [6.07, 6.45) is 10.7. The Labute approximate surface area is 106 Å². The van der Waals surface area contributed by atoms with Gasteiger partial charge in [0.25, 0.3) is 0 Å². The van der Waals surface area contributed by atoms with Crippen molar-refractivity contribution in [2.75, 3.05) is 6.54 Å². The third-order valence-corrected chi connectivity index (χ3v) is 4.73. The summed E-state index contributed by atoms with van der Waals surface area (Å²) in [5.41, 5.74) is 6.04. The highest BCUT2D eigenvalue weighted by molar-refractivity contribution is 4.89. The van der Waals surface area contributed by atoms with E-state index in [4.69, 9.17) is 10.5 Å². The molecule has 0 aromatic rings. The molecule has 4 unspecified atom stereocenters. The highest BCUT2D eigenvalue weighted by Crippen LogP contribution is 2.38. The largest absolute Gasteiger partial charge is 0.370 e. The Morgan fingerprint density at radius 1 is 1.12 bits per heavy atom. The van der Waals surface area contributed by atoms with Crippen molar-refractivity contribution in [2.45, 2.75) is 76.9 Å². The van der Waals surface area contributed by atoms with E-state index in [9.17, 15) is 0 Å². The molecule has 100 valence electrons. The molecule has 2 saturated carbocycles. The molecule has 4 atom stereocenters. The first-order valence-corrected chi connectivity index (χ1v) is 7.51. The van der Waals surface area contributed by atoms with Crippen LogP contribution in [0.25, 0.3) is 0 Å². The zero-order valence-electron chi connectivity index (χ0n) is 11.6. The lowest BCUT2D eigenvalue weighted by atomic mass is 9.78. The molecule has 2 heteroatoms. The molecule has 2 aliphatic carbocycles. The van der Waals surface area contributed by atoms with Crippen molar-refractivity contribution in [1.29, 1.82) is 0 Å². The topological polar surface area (TPSA) is 35.2 Å². The van der Waals surface area contributed by atoms with Crippen LogP contribution >= 0.6 is 0 Å². The number of ether oxygens (including phenoxy) is 1. The van der Waals surface area contributed by atoms with Gasteiger partial charge >= 0.3 is 0 Å². The van der Waals surface area contributed by atoms with Gasteiger partial charge in [-0.1, -0.05) is 39.5 Å². The van der Waals surface area contributed by atoms with Crippen LogP contribution in [-0.4, -0.2) is 18.2 Å². The lowest BCUT2D eigenvalue weighted by Crippen LogP contribution is -2.47. The van der Waals surface area contributed by atoms with E-state index in [-0.39, 0.29) is 5.60 Å². The normalized spacial score (nSPS) is 43.6. The van der Waals surface area contributed by atoms with Gasteiger partial charge in [-0.3, -0.25) is 0 Å². The van der Waals surface area contributed by atoms with Crippen molar-refractivity contribution in [1.82, 2.24) is 0 Å². The average Bonchev–Trinajstić information content (AvgIpc) is 2.29. The molecule has 0 heterocycles. The fourth-order valence-electron chi connectivity index (χ4n) is 3.79. The molecule has 2 nitrogen and oxygen atoms in total.